The molecule has 5 atom stereocenters. The number of nitrogens with zero attached hydrogens (tertiary/aromatic N) is 3. The number of hydrogen-bond acceptors (Lipinski definition) is 14. The fourth-order valence-electron chi connectivity index (χ4n) is 4.47. The van der Waals surface area contributed by atoms with Crippen LogP contribution < -0.4 is 10.1 Å². The third kappa shape index (κ3) is 14.0. The zero-order chi connectivity index (χ0) is 37.6. The molecule has 0 amide bonds. The number of benzene rings is 1. The van der Waals surface area contributed by atoms with Crippen molar-refractivity contribution in [3.05, 3.63) is 41.0 Å². The third-order valence-corrected chi connectivity index (χ3v) is 7.99. The van der Waals surface area contributed by atoms with Crippen LogP contribution in [-0.2, 0) is 46.0 Å². The molecule has 1 aliphatic heterocycles. The number of aliphatic hydroxyl groups is 3. The Bertz CT molecular complexity index is 1410. The molecule has 17 nitrogen and oxygen atoms in total. The van der Waals surface area contributed by atoms with Crippen molar-refractivity contribution < 1.29 is 84.8 Å². The molecule has 0 saturated carbocycles. The summed E-state index contributed by atoms with van der Waals surface area (Å²) >= 11 is 0. The van der Waals surface area contributed by atoms with Crippen molar-refractivity contribution in [3.8, 4) is 5.75 Å². The molecule has 1 aromatic heterocycles. The molecular formula is C28H40F5N4O13P. The summed E-state index contributed by atoms with van der Waals surface area (Å²) in [5.41, 5.74) is 0.605. The second-order valence-corrected chi connectivity index (χ2v) is 12.8. The largest absolute Gasteiger partial charge is 0.420 e. The van der Waals surface area contributed by atoms with Crippen molar-refractivity contribution in [1.82, 2.24) is 20.3 Å². The minimum atomic E-state index is -4.34. The van der Waals surface area contributed by atoms with Gasteiger partial charge in [0.2, 0.25) is 34.8 Å². The van der Waals surface area contributed by atoms with Gasteiger partial charge in [-0.15, -0.1) is 5.10 Å². The van der Waals surface area contributed by atoms with E-state index in [1.165, 1.54) is 0 Å². The van der Waals surface area contributed by atoms with E-state index < -0.39 is 91.6 Å². The van der Waals surface area contributed by atoms with Crippen molar-refractivity contribution >= 4 is 13.6 Å². The molecule has 0 radical (unpaired) electrons. The highest BCUT2D eigenvalue weighted by atomic mass is 31.2. The van der Waals surface area contributed by atoms with E-state index in [1.807, 2.05) is 0 Å². The fourth-order valence-corrected chi connectivity index (χ4v) is 5.06. The van der Waals surface area contributed by atoms with E-state index in [4.69, 9.17) is 33.5 Å². The lowest BCUT2D eigenvalue weighted by molar-refractivity contribution is -0.229. The van der Waals surface area contributed by atoms with Crippen LogP contribution in [0, 0.1) is 29.1 Å². The zero-order valence-electron chi connectivity index (χ0n) is 27.0. The number of aromatic nitrogens is 3. The first-order valence-corrected chi connectivity index (χ1v) is 17.4. The Hall–Kier alpha value is -2.73. The number of rotatable bonds is 23. The molecule has 6 N–H and O–H groups in total. The molecule has 1 unspecified atom stereocenters. The quantitative estimate of drug-likeness (QED) is 0.0160. The van der Waals surface area contributed by atoms with Gasteiger partial charge in [0.05, 0.1) is 83.8 Å². The molecule has 1 fully saturated rings. The van der Waals surface area contributed by atoms with Gasteiger partial charge in [0.1, 0.15) is 24.5 Å². The van der Waals surface area contributed by atoms with Crippen LogP contribution in [0.25, 0.3) is 0 Å². The average Bonchev–Trinajstić information content (AvgIpc) is 3.55. The van der Waals surface area contributed by atoms with E-state index in [-0.39, 0.29) is 59.2 Å². The van der Waals surface area contributed by atoms with E-state index in [0.717, 1.165) is 0 Å². The van der Waals surface area contributed by atoms with Crippen molar-refractivity contribution in [2.24, 2.45) is 0 Å². The lowest BCUT2D eigenvalue weighted by Crippen LogP contribution is -2.61. The first kappa shape index (κ1) is 42.7. The number of carbonyl (C=O) groups is 1. The van der Waals surface area contributed by atoms with E-state index in [9.17, 15) is 46.6 Å². The minimum Gasteiger partial charge on any atom is -0.420 e. The SMILES string of the molecule is O=C(CCOCCOCCOCCOCCn1cc(CCNC2O[C@H](CCP(=O)(O)O)[C@@H](O)[C@H](O)[C@@H]2O)nn1)Oc1c(F)c(F)c(F)c(F)c1F. The highest BCUT2D eigenvalue weighted by molar-refractivity contribution is 7.51. The van der Waals surface area contributed by atoms with Crippen LogP contribution in [0.5, 0.6) is 5.75 Å². The highest BCUT2D eigenvalue weighted by Crippen LogP contribution is 2.37. The van der Waals surface area contributed by atoms with Crippen LogP contribution in [0.4, 0.5) is 22.0 Å². The van der Waals surface area contributed by atoms with E-state index in [1.54, 1.807) is 10.9 Å². The number of ether oxygens (including phenoxy) is 6. The number of halogens is 5. The Morgan fingerprint density at radius 2 is 1.37 bits per heavy atom. The summed E-state index contributed by atoms with van der Waals surface area (Å²) in [6.45, 7) is 1.88. The van der Waals surface area contributed by atoms with Gasteiger partial charge in [0.25, 0.3) is 0 Å². The van der Waals surface area contributed by atoms with Crippen molar-refractivity contribution in [3.63, 3.8) is 0 Å². The van der Waals surface area contributed by atoms with Crippen LogP contribution in [-0.4, -0.2) is 142 Å². The van der Waals surface area contributed by atoms with Crippen LogP contribution in [0.2, 0.25) is 0 Å². The summed E-state index contributed by atoms with van der Waals surface area (Å²) in [5, 5.41) is 41.3. The molecule has 3 rings (SSSR count). The zero-order valence-corrected chi connectivity index (χ0v) is 27.9. The molecule has 51 heavy (non-hydrogen) atoms. The maximum absolute atomic E-state index is 13.6. The predicted molar refractivity (Wildman–Crippen MR) is 160 cm³/mol. The molecule has 2 aromatic rings. The summed E-state index contributed by atoms with van der Waals surface area (Å²) in [4.78, 5) is 29.8. The van der Waals surface area contributed by atoms with Crippen LogP contribution in [0.1, 0.15) is 18.5 Å². The molecule has 1 saturated heterocycles. The second kappa shape index (κ2) is 21.1. The molecule has 290 valence electrons. The normalized spacial score (nSPS) is 20.9. The standard InChI is InChI=1S/C28H40F5N4O13P/c29-19-20(30)22(32)27(23(33)21(19)31)50-18(38)2-6-45-8-10-47-12-13-48-11-9-46-7-5-37-15-16(35-36-37)1-4-34-28-26(41)25(40)24(39)17(49-28)3-14-51(42,43)44/h15,17,24-26,28,34,39-41H,1-14H2,(H2,42,43,44)/t17-,24-,25+,26+,28?/m1/s1. The Morgan fingerprint density at radius 1 is 0.824 bits per heavy atom. The van der Waals surface area contributed by atoms with Crippen molar-refractivity contribution in [1.29, 1.82) is 0 Å². The molecule has 0 spiro atoms. The third-order valence-electron chi connectivity index (χ3n) is 7.15. The van der Waals surface area contributed by atoms with Crippen LogP contribution >= 0.6 is 7.60 Å². The fraction of sp³-hybridized carbons (Fsp3) is 0.679. The van der Waals surface area contributed by atoms with E-state index in [2.05, 4.69) is 20.4 Å². The summed E-state index contributed by atoms with van der Waals surface area (Å²) in [6.07, 6.45) is -5.96. The van der Waals surface area contributed by atoms with Gasteiger partial charge in [0, 0.05) is 19.2 Å². The molecule has 0 bridgehead atoms. The summed E-state index contributed by atoms with van der Waals surface area (Å²) in [5.74, 6) is -14.3. The molecule has 2 heterocycles. The number of nitrogens with one attached hydrogen (secondary N) is 1. The molecular weight excluding hydrogens is 726 g/mol. The van der Waals surface area contributed by atoms with Crippen LogP contribution in [0.15, 0.2) is 6.20 Å². The van der Waals surface area contributed by atoms with Gasteiger partial charge in [-0.2, -0.15) is 8.78 Å². The Morgan fingerprint density at radius 3 is 1.96 bits per heavy atom. The molecule has 1 aliphatic rings. The first-order valence-electron chi connectivity index (χ1n) is 15.6. The smallest absolute Gasteiger partial charge is 0.325 e. The van der Waals surface area contributed by atoms with E-state index in [0.29, 0.717) is 25.3 Å². The number of esters is 1. The predicted octanol–water partition coefficient (Wildman–Crippen LogP) is -0.457. The molecule has 1 aromatic carbocycles. The summed E-state index contributed by atoms with van der Waals surface area (Å²) < 4.78 is 110. The van der Waals surface area contributed by atoms with Gasteiger partial charge >= 0.3 is 13.6 Å². The molecule has 0 aliphatic carbocycles. The second-order valence-electron chi connectivity index (χ2n) is 11.0. The molecule has 23 heteroatoms. The number of carbonyl (C=O) groups excluding carboxylic acids is 1. The van der Waals surface area contributed by atoms with Gasteiger partial charge < -0.3 is 53.5 Å². The monoisotopic (exact) mass is 766 g/mol. The van der Waals surface area contributed by atoms with Crippen molar-refractivity contribution in [2.75, 3.05) is 65.6 Å². The highest BCUT2D eigenvalue weighted by Gasteiger charge is 2.43. The Labute approximate surface area is 287 Å². The summed E-state index contributed by atoms with van der Waals surface area (Å²) in [7, 11) is -4.34. The van der Waals surface area contributed by atoms with Gasteiger partial charge in [-0.1, -0.05) is 5.21 Å². The topological polar surface area (TPSA) is 233 Å². The average molecular weight is 767 g/mol. The maximum atomic E-state index is 13.6. The van der Waals surface area contributed by atoms with E-state index >= 15 is 0 Å². The lowest BCUT2D eigenvalue weighted by Gasteiger charge is -2.41. The Kier molecular flexibility index (Phi) is 17.7. The van der Waals surface area contributed by atoms with Gasteiger partial charge in [-0.3, -0.25) is 14.7 Å². The maximum Gasteiger partial charge on any atom is 0.325 e. The summed E-state index contributed by atoms with van der Waals surface area (Å²) in [6, 6.07) is 0. The minimum absolute atomic E-state index is 0.0387. The van der Waals surface area contributed by atoms with Crippen LogP contribution in [0.3, 0.4) is 0 Å². The Balaban J connectivity index is 1.16. The lowest BCUT2D eigenvalue weighted by atomic mass is 9.96. The van der Waals surface area contributed by atoms with Gasteiger partial charge in [0.15, 0.2) is 0 Å². The first-order chi connectivity index (χ1) is 24.2. The van der Waals surface area contributed by atoms with Gasteiger partial charge in [-0.05, 0) is 6.42 Å². The van der Waals surface area contributed by atoms with Gasteiger partial charge in [-0.25, -0.2) is 17.9 Å². The number of hydrogen-bond donors (Lipinski definition) is 6. The number of aliphatic hydroxyl groups excluding tert-OH is 3. The van der Waals surface area contributed by atoms with Crippen molar-refractivity contribution in [2.45, 2.75) is 56.5 Å².